The number of ketones is 1. The third-order valence-corrected chi connectivity index (χ3v) is 2.89. The molecule has 0 unspecified atom stereocenters. The number of hydrogen-bond donors (Lipinski definition) is 2. The van der Waals surface area contributed by atoms with Crippen LogP contribution >= 0.6 is 0 Å². The van der Waals surface area contributed by atoms with Gasteiger partial charge in [-0.1, -0.05) is 0 Å². The maximum atomic E-state index is 12.8. The van der Waals surface area contributed by atoms with Gasteiger partial charge in [-0.3, -0.25) is 9.59 Å². The lowest BCUT2D eigenvalue weighted by Crippen LogP contribution is -2.46. The van der Waals surface area contributed by atoms with E-state index in [1.165, 1.54) is 12.1 Å². The topological polar surface area (TPSA) is 125 Å². The summed E-state index contributed by atoms with van der Waals surface area (Å²) in [6, 6.07) is 3.27. The highest BCUT2D eigenvalue weighted by Gasteiger charge is 2.27. The van der Waals surface area contributed by atoms with E-state index in [0.29, 0.717) is 0 Å². The average Bonchev–Trinajstić information content (AvgIpc) is 2.50. The summed E-state index contributed by atoms with van der Waals surface area (Å²) in [6.45, 7) is 4.22. The predicted octanol–water partition coefficient (Wildman–Crippen LogP) is 1.32. The molecule has 0 spiro atoms. The van der Waals surface area contributed by atoms with E-state index in [-0.39, 0.29) is 5.56 Å². The van der Waals surface area contributed by atoms with E-state index in [1.807, 2.05) is 0 Å². The molecule has 1 atom stereocenters. The summed E-state index contributed by atoms with van der Waals surface area (Å²) in [5.74, 6) is -2.96. The summed E-state index contributed by atoms with van der Waals surface area (Å²) in [5, 5.41) is 2.18. The van der Waals surface area contributed by atoms with Crippen LogP contribution in [0.3, 0.4) is 0 Å². The molecule has 1 aromatic rings. The summed E-state index contributed by atoms with van der Waals surface area (Å²) in [7, 11) is 0. The maximum Gasteiger partial charge on any atom is 0.408 e. The number of nitrogens with one attached hydrogen (secondary N) is 1. The van der Waals surface area contributed by atoms with E-state index in [0.717, 1.165) is 12.1 Å². The van der Waals surface area contributed by atoms with Gasteiger partial charge in [0, 0.05) is 5.56 Å². The molecule has 0 aliphatic carbocycles. The van der Waals surface area contributed by atoms with Gasteiger partial charge in [0.25, 0.3) is 0 Å². The van der Waals surface area contributed by atoms with Crippen LogP contribution in [-0.4, -0.2) is 42.0 Å². The zero-order chi connectivity index (χ0) is 19.9. The van der Waals surface area contributed by atoms with Crippen LogP contribution in [0.25, 0.3) is 0 Å². The Morgan fingerprint density at radius 1 is 1.15 bits per heavy atom. The van der Waals surface area contributed by atoms with Crippen molar-refractivity contribution >= 4 is 23.8 Å². The highest BCUT2D eigenvalue weighted by Crippen LogP contribution is 2.08. The van der Waals surface area contributed by atoms with E-state index in [9.17, 15) is 23.6 Å². The fourth-order valence-corrected chi connectivity index (χ4v) is 1.80. The fraction of sp³-hybridized carbons (Fsp3) is 0.412. The van der Waals surface area contributed by atoms with E-state index in [4.69, 9.17) is 15.2 Å². The minimum Gasteiger partial charge on any atom is -0.456 e. The number of ether oxygens (including phenoxy) is 2. The first kappa shape index (κ1) is 21.1. The van der Waals surface area contributed by atoms with Crippen LogP contribution in [0.5, 0.6) is 0 Å². The highest BCUT2D eigenvalue weighted by atomic mass is 19.1. The summed E-state index contributed by atoms with van der Waals surface area (Å²) in [5.41, 5.74) is 4.38. The number of primary amides is 1. The van der Waals surface area contributed by atoms with Gasteiger partial charge >= 0.3 is 12.1 Å². The third kappa shape index (κ3) is 7.73. The number of rotatable bonds is 7. The Morgan fingerprint density at radius 3 is 2.23 bits per heavy atom. The van der Waals surface area contributed by atoms with E-state index in [2.05, 4.69) is 5.32 Å². The lowest BCUT2D eigenvalue weighted by Gasteiger charge is -2.22. The Labute approximate surface area is 149 Å². The lowest BCUT2D eigenvalue weighted by atomic mass is 10.1. The zero-order valence-corrected chi connectivity index (χ0v) is 14.7. The molecule has 1 aromatic carbocycles. The number of carbonyl (C=O) groups is 4. The van der Waals surface area contributed by atoms with Crippen molar-refractivity contribution in [3.05, 3.63) is 35.6 Å². The molecule has 8 nitrogen and oxygen atoms in total. The molecule has 0 aliphatic heterocycles. The van der Waals surface area contributed by atoms with Crippen molar-refractivity contribution in [1.82, 2.24) is 5.32 Å². The Bertz CT molecular complexity index is 681. The average molecular weight is 368 g/mol. The molecule has 0 bridgehead atoms. The fourth-order valence-electron chi connectivity index (χ4n) is 1.80. The number of amides is 2. The number of carbonyl (C=O) groups excluding carboxylic acids is 4. The third-order valence-electron chi connectivity index (χ3n) is 2.89. The summed E-state index contributed by atoms with van der Waals surface area (Å²) >= 11 is 0. The summed E-state index contributed by atoms with van der Waals surface area (Å²) in [4.78, 5) is 46.8. The van der Waals surface area contributed by atoms with Gasteiger partial charge in [0.15, 0.2) is 12.4 Å². The first-order valence-electron chi connectivity index (χ1n) is 7.71. The molecule has 1 rings (SSSR count). The smallest absolute Gasteiger partial charge is 0.408 e. The number of nitrogens with two attached hydrogens (primary N) is 1. The molecular formula is C17H21FN2O6. The van der Waals surface area contributed by atoms with Gasteiger partial charge in [-0.2, -0.15) is 0 Å². The Morgan fingerprint density at radius 2 is 1.73 bits per heavy atom. The molecule has 0 radical (unpaired) electrons. The number of alkyl carbamates (subject to hydrolysis) is 1. The van der Waals surface area contributed by atoms with Gasteiger partial charge < -0.3 is 20.5 Å². The van der Waals surface area contributed by atoms with Crippen molar-refractivity contribution in [2.45, 2.75) is 38.8 Å². The van der Waals surface area contributed by atoms with Crippen LogP contribution in [0.4, 0.5) is 9.18 Å². The van der Waals surface area contributed by atoms with Crippen molar-refractivity contribution in [1.29, 1.82) is 0 Å². The van der Waals surface area contributed by atoms with Crippen molar-refractivity contribution in [2.24, 2.45) is 5.73 Å². The second kappa shape index (κ2) is 8.93. The molecule has 0 fully saturated rings. The number of esters is 1. The van der Waals surface area contributed by atoms with Crippen LogP contribution in [0.2, 0.25) is 0 Å². The normalized spacial score (nSPS) is 12.0. The van der Waals surface area contributed by atoms with Crippen molar-refractivity contribution in [3.63, 3.8) is 0 Å². The van der Waals surface area contributed by atoms with E-state index >= 15 is 0 Å². The number of Topliss-reactive ketones (excluding diaryl/α,β-unsaturated/α-hetero) is 1. The molecular weight excluding hydrogens is 347 g/mol. The van der Waals surface area contributed by atoms with Crippen LogP contribution in [0.1, 0.15) is 37.6 Å². The molecule has 142 valence electrons. The first-order chi connectivity index (χ1) is 12.0. The minimum absolute atomic E-state index is 0.144. The SMILES string of the molecule is CC(C)(C)OC(=O)N[C@H](CC(N)=O)C(=O)OCC(=O)c1ccc(F)cc1. The molecule has 0 heterocycles. The van der Waals surface area contributed by atoms with Gasteiger partial charge in [0.1, 0.15) is 17.5 Å². The van der Waals surface area contributed by atoms with Gasteiger partial charge in [0.2, 0.25) is 5.91 Å². The van der Waals surface area contributed by atoms with Gasteiger partial charge in [-0.25, -0.2) is 14.0 Å². The van der Waals surface area contributed by atoms with Crippen LogP contribution in [0, 0.1) is 5.82 Å². The Hall–Kier alpha value is -2.97. The Kier molecular flexibility index (Phi) is 7.24. The second-order valence-corrected chi connectivity index (χ2v) is 6.41. The lowest BCUT2D eigenvalue weighted by molar-refractivity contribution is -0.146. The molecule has 0 aliphatic rings. The van der Waals surface area contributed by atoms with E-state index in [1.54, 1.807) is 20.8 Å². The molecule has 9 heteroatoms. The summed E-state index contributed by atoms with van der Waals surface area (Å²) < 4.78 is 22.7. The number of hydrogen-bond acceptors (Lipinski definition) is 6. The molecule has 26 heavy (non-hydrogen) atoms. The molecule has 0 saturated heterocycles. The van der Waals surface area contributed by atoms with Crippen molar-refractivity contribution < 1.29 is 33.0 Å². The highest BCUT2D eigenvalue weighted by molar-refractivity contribution is 5.98. The second-order valence-electron chi connectivity index (χ2n) is 6.41. The number of halogens is 1. The number of benzene rings is 1. The molecule has 3 N–H and O–H groups in total. The zero-order valence-electron chi connectivity index (χ0n) is 14.7. The quantitative estimate of drug-likeness (QED) is 0.552. The van der Waals surface area contributed by atoms with Gasteiger partial charge in [-0.05, 0) is 45.0 Å². The van der Waals surface area contributed by atoms with Crippen LogP contribution < -0.4 is 11.1 Å². The maximum absolute atomic E-state index is 12.8. The predicted molar refractivity (Wildman–Crippen MR) is 88.7 cm³/mol. The molecule has 0 saturated carbocycles. The first-order valence-corrected chi connectivity index (χ1v) is 7.71. The van der Waals surface area contributed by atoms with Crippen LogP contribution in [0.15, 0.2) is 24.3 Å². The van der Waals surface area contributed by atoms with Crippen LogP contribution in [-0.2, 0) is 19.1 Å². The molecule has 0 aromatic heterocycles. The van der Waals surface area contributed by atoms with Crippen molar-refractivity contribution in [2.75, 3.05) is 6.61 Å². The Balaban J connectivity index is 2.67. The molecule has 2 amide bonds. The van der Waals surface area contributed by atoms with Gasteiger partial charge in [0.05, 0.1) is 6.42 Å². The minimum atomic E-state index is -1.40. The standard InChI is InChI=1S/C17H21FN2O6/c1-17(2,3)26-16(24)20-12(8-14(19)22)15(23)25-9-13(21)10-4-6-11(18)7-5-10/h4-7,12H,8-9H2,1-3H3,(H2,19,22)(H,20,24)/t12-/m1/s1. The monoisotopic (exact) mass is 368 g/mol. The largest absolute Gasteiger partial charge is 0.456 e. The van der Waals surface area contributed by atoms with Gasteiger partial charge in [-0.15, -0.1) is 0 Å². The van der Waals surface area contributed by atoms with Crippen molar-refractivity contribution in [3.8, 4) is 0 Å². The summed E-state index contributed by atoms with van der Waals surface area (Å²) in [6.07, 6.45) is -1.46. The van der Waals surface area contributed by atoms with E-state index < -0.39 is 54.2 Å².